The monoisotopic (exact) mass is 404 g/mol. The summed E-state index contributed by atoms with van der Waals surface area (Å²) in [4.78, 5) is 9.14. The third-order valence-corrected chi connectivity index (χ3v) is 5.64. The number of hydrogen-bond acceptors (Lipinski definition) is 5. The first-order chi connectivity index (χ1) is 15.2. The van der Waals surface area contributed by atoms with E-state index in [0.717, 1.165) is 50.9 Å². The summed E-state index contributed by atoms with van der Waals surface area (Å²) in [6.07, 6.45) is 4.36. The van der Waals surface area contributed by atoms with Gasteiger partial charge in [0.2, 0.25) is 0 Å². The van der Waals surface area contributed by atoms with Crippen LogP contribution in [-0.4, -0.2) is 20.6 Å². The first-order valence-electron chi connectivity index (χ1n) is 10.2. The standard InChI is InChI=1S/C25H20N6/c1-3-18-16(2)20(14-26)24-29-22-10-6-7-11-23(22)31(24)25(18)30-28-15-17-12-13-27-21-9-5-4-8-19(17)21/h4-13,15,30H,3H2,1-2H3. The van der Waals surface area contributed by atoms with Crippen LogP contribution in [-0.2, 0) is 6.42 Å². The number of hydrogen-bond donors (Lipinski definition) is 1. The van der Waals surface area contributed by atoms with Gasteiger partial charge in [-0.3, -0.25) is 14.8 Å². The number of nitrogens with zero attached hydrogens (tertiary/aromatic N) is 5. The molecular weight excluding hydrogens is 384 g/mol. The van der Waals surface area contributed by atoms with Gasteiger partial charge in [0.05, 0.1) is 28.3 Å². The number of benzene rings is 2. The highest BCUT2D eigenvalue weighted by atomic mass is 15.3. The summed E-state index contributed by atoms with van der Waals surface area (Å²) in [7, 11) is 0. The van der Waals surface area contributed by atoms with Crippen LogP contribution in [0.3, 0.4) is 0 Å². The minimum atomic E-state index is 0.600. The van der Waals surface area contributed by atoms with Crippen molar-refractivity contribution in [3.8, 4) is 6.07 Å². The molecule has 3 aromatic heterocycles. The molecule has 0 saturated heterocycles. The Kier molecular flexibility index (Phi) is 4.57. The Balaban J connectivity index is 1.69. The number of nitriles is 1. The molecule has 0 radical (unpaired) electrons. The van der Waals surface area contributed by atoms with Gasteiger partial charge in [0.15, 0.2) is 5.65 Å². The van der Waals surface area contributed by atoms with Crippen molar-refractivity contribution >= 4 is 39.6 Å². The van der Waals surface area contributed by atoms with E-state index in [9.17, 15) is 5.26 Å². The lowest BCUT2D eigenvalue weighted by atomic mass is 10.0. The summed E-state index contributed by atoms with van der Waals surface area (Å²) >= 11 is 0. The fraction of sp³-hybridized carbons (Fsp3) is 0.120. The summed E-state index contributed by atoms with van der Waals surface area (Å²) in [5.41, 5.74) is 10.2. The zero-order chi connectivity index (χ0) is 21.4. The van der Waals surface area contributed by atoms with Gasteiger partial charge in [0.25, 0.3) is 0 Å². The van der Waals surface area contributed by atoms with Crippen LogP contribution >= 0.6 is 0 Å². The highest BCUT2D eigenvalue weighted by molar-refractivity contribution is 5.98. The molecule has 0 fully saturated rings. The van der Waals surface area contributed by atoms with E-state index >= 15 is 0 Å². The molecule has 0 saturated carbocycles. The van der Waals surface area contributed by atoms with E-state index < -0.39 is 0 Å². The lowest BCUT2D eigenvalue weighted by Crippen LogP contribution is -2.07. The minimum Gasteiger partial charge on any atom is -0.276 e. The van der Waals surface area contributed by atoms with Crippen LogP contribution in [0, 0.1) is 18.3 Å². The first-order valence-corrected chi connectivity index (χ1v) is 10.2. The second kappa shape index (κ2) is 7.54. The highest BCUT2D eigenvalue weighted by Gasteiger charge is 2.19. The molecule has 5 aromatic rings. The van der Waals surface area contributed by atoms with Crippen LogP contribution in [0.1, 0.15) is 29.2 Å². The number of nitrogens with one attached hydrogen (secondary N) is 1. The van der Waals surface area contributed by atoms with E-state index in [0.29, 0.717) is 11.2 Å². The predicted octanol–water partition coefficient (Wildman–Crippen LogP) is 5.22. The van der Waals surface area contributed by atoms with Gasteiger partial charge in [-0.1, -0.05) is 37.3 Å². The molecule has 0 unspecified atom stereocenters. The minimum absolute atomic E-state index is 0.600. The Morgan fingerprint density at radius 1 is 1.10 bits per heavy atom. The van der Waals surface area contributed by atoms with Crippen molar-refractivity contribution in [1.29, 1.82) is 5.26 Å². The van der Waals surface area contributed by atoms with Crippen LogP contribution < -0.4 is 5.43 Å². The molecule has 0 amide bonds. The lowest BCUT2D eigenvalue weighted by Gasteiger charge is -2.15. The van der Waals surface area contributed by atoms with E-state index in [1.807, 2.05) is 72.1 Å². The maximum Gasteiger partial charge on any atom is 0.157 e. The average molecular weight is 404 g/mol. The third kappa shape index (κ3) is 2.99. The Morgan fingerprint density at radius 2 is 1.87 bits per heavy atom. The number of para-hydroxylation sites is 3. The molecule has 31 heavy (non-hydrogen) atoms. The first kappa shape index (κ1) is 18.8. The van der Waals surface area contributed by atoms with Gasteiger partial charge in [0, 0.05) is 17.1 Å². The van der Waals surface area contributed by atoms with Gasteiger partial charge in [-0.2, -0.15) is 10.4 Å². The summed E-state index contributed by atoms with van der Waals surface area (Å²) in [5, 5.41) is 15.4. The zero-order valence-electron chi connectivity index (χ0n) is 17.3. The lowest BCUT2D eigenvalue weighted by molar-refractivity contribution is 1.04. The van der Waals surface area contributed by atoms with Gasteiger partial charge < -0.3 is 0 Å². The number of pyridine rings is 2. The van der Waals surface area contributed by atoms with Crippen LogP contribution in [0.4, 0.5) is 5.82 Å². The van der Waals surface area contributed by atoms with E-state index in [2.05, 4.69) is 28.5 Å². The van der Waals surface area contributed by atoms with E-state index in [1.54, 1.807) is 6.20 Å². The highest BCUT2D eigenvalue weighted by Crippen LogP contribution is 2.31. The molecule has 5 rings (SSSR count). The van der Waals surface area contributed by atoms with Crippen LogP contribution in [0.15, 0.2) is 65.9 Å². The van der Waals surface area contributed by atoms with Crippen LogP contribution in [0.2, 0.25) is 0 Å². The van der Waals surface area contributed by atoms with Gasteiger partial charge in [-0.25, -0.2) is 4.98 Å². The van der Waals surface area contributed by atoms with Crippen LogP contribution in [0.5, 0.6) is 0 Å². The van der Waals surface area contributed by atoms with E-state index in [1.165, 1.54) is 0 Å². The topological polar surface area (TPSA) is 78.4 Å². The molecule has 0 aliphatic carbocycles. The molecule has 0 aliphatic heterocycles. The molecule has 0 aliphatic rings. The van der Waals surface area contributed by atoms with E-state index in [-0.39, 0.29) is 0 Å². The van der Waals surface area contributed by atoms with Gasteiger partial charge in [0.1, 0.15) is 11.9 Å². The maximum atomic E-state index is 9.82. The fourth-order valence-electron chi connectivity index (χ4n) is 4.13. The van der Waals surface area contributed by atoms with Crippen molar-refractivity contribution in [1.82, 2.24) is 14.4 Å². The van der Waals surface area contributed by atoms with Crippen molar-refractivity contribution in [3.05, 3.63) is 83.0 Å². The van der Waals surface area contributed by atoms with Gasteiger partial charge >= 0.3 is 0 Å². The van der Waals surface area contributed by atoms with Gasteiger partial charge in [-0.05, 0) is 48.7 Å². The molecule has 3 heterocycles. The van der Waals surface area contributed by atoms with Crippen LogP contribution in [0.25, 0.3) is 27.6 Å². The number of imidazole rings is 1. The molecule has 0 atom stereocenters. The van der Waals surface area contributed by atoms with Crippen molar-refractivity contribution in [2.75, 3.05) is 5.43 Å². The number of rotatable bonds is 4. The Bertz CT molecular complexity index is 1520. The second-order valence-corrected chi connectivity index (χ2v) is 7.34. The quantitative estimate of drug-likeness (QED) is 0.329. The summed E-state index contributed by atoms with van der Waals surface area (Å²) < 4.78 is 2.00. The number of fused-ring (bicyclic) bond motifs is 4. The van der Waals surface area contributed by atoms with Gasteiger partial charge in [-0.15, -0.1) is 0 Å². The largest absolute Gasteiger partial charge is 0.276 e. The Morgan fingerprint density at radius 3 is 2.68 bits per heavy atom. The van der Waals surface area contributed by atoms with Crippen molar-refractivity contribution in [2.24, 2.45) is 5.10 Å². The normalized spacial score (nSPS) is 11.5. The molecule has 6 nitrogen and oxygen atoms in total. The Labute approximate surface area is 179 Å². The molecule has 0 bridgehead atoms. The number of anilines is 1. The number of hydrazone groups is 1. The molecule has 1 N–H and O–H groups in total. The van der Waals surface area contributed by atoms with Crippen molar-refractivity contribution in [3.63, 3.8) is 0 Å². The SMILES string of the molecule is CCc1c(C)c(C#N)c2nc3ccccc3n2c1NN=Cc1ccnc2ccccc12. The smallest absolute Gasteiger partial charge is 0.157 e. The molecule has 0 spiro atoms. The fourth-order valence-corrected chi connectivity index (χ4v) is 4.13. The van der Waals surface area contributed by atoms with E-state index in [4.69, 9.17) is 4.98 Å². The second-order valence-electron chi connectivity index (χ2n) is 7.34. The molecule has 6 heteroatoms. The third-order valence-electron chi connectivity index (χ3n) is 5.64. The molecular formula is C25H20N6. The Hall–Kier alpha value is -4.24. The maximum absolute atomic E-state index is 9.82. The molecule has 150 valence electrons. The molecule has 2 aromatic carbocycles. The van der Waals surface area contributed by atoms with Crippen molar-refractivity contribution < 1.29 is 0 Å². The predicted molar refractivity (Wildman–Crippen MR) is 124 cm³/mol. The average Bonchev–Trinajstić information content (AvgIpc) is 3.18. The van der Waals surface area contributed by atoms with Crippen molar-refractivity contribution in [2.45, 2.75) is 20.3 Å². The summed E-state index contributed by atoms with van der Waals surface area (Å²) in [6.45, 7) is 4.06. The summed E-state index contributed by atoms with van der Waals surface area (Å²) in [5.74, 6) is 0.831. The number of aromatic nitrogens is 3. The zero-order valence-corrected chi connectivity index (χ0v) is 17.3. The summed E-state index contributed by atoms with van der Waals surface area (Å²) in [6, 6.07) is 20.2.